The van der Waals surface area contributed by atoms with E-state index >= 15 is 0 Å². The molecule has 0 bridgehead atoms. The van der Waals surface area contributed by atoms with Crippen LogP contribution >= 0.6 is 0 Å². The summed E-state index contributed by atoms with van der Waals surface area (Å²) in [5.74, 6) is 0.0656. The van der Waals surface area contributed by atoms with Crippen molar-refractivity contribution in [1.29, 1.82) is 0 Å². The Morgan fingerprint density at radius 2 is 1.70 bits per heavy atom. The SMILES string of the molecule is CCCCCCCCc1ccc(Oc2cccc(S(=O)(=O)O)c2)c([O-])c1.[K+]. The molecule has 0 heterocycles. The Balaban J connectivity index is 0.00000364. The Bertz CT molecular complexity index is 821. The molecule has 0 aliphatic heterocycles. The minimum absolute atomic E-state index is 0. The van der Waals surface area contributed by atoms with Crippen LogP contribution in [0, 0.1) is 0 Å². The average molecular weight is 417 g/mol. The third-order valence-corrected chi connectivity index (χ3v) is 5.01. The Kier molecular flexibility index (Phi) is 11.1. The summed E-state index contributed by atoms with van der Waals surface area (Å²) in [4.78, 5) is -0.276. The summed E-state index contributed by atoms with van der Waals surface area (Å²) in [6.45, 7) is 2.19. The van der Waals surface area contributed by atoms with Crippen molar-refractivity contribution in [1.82, 2.24) is 0 Å². The number of hydrogen-bond donors (Lipinski definition) is 1. The second kappa shape index (κ2) is 12.2. The number of unbranched alkanes of at least 4 members (excludes halogenated alkanes) is 5. The van der Waals surface area contributed by atoms with Crippen molar-refractivity contribution >= 4 is 10.1 Å². The first-order chi connectivity index (χ1) is 12.4. The monoisotopic (exact) mass is 416 g/mol. The summed E-state index contributed by atoms with van der Waals surface area (Å²) in [7, 11) is -4.31. The molecule has 0 aliphatic carbocycles. The van der Waals surface area contributed by atoms with Gasteiger partial charge in [0.1, 0.15) is 11.5 Å². The molecule has 0 fully saturated rings. The Hall–Kier alpha value is -0.414. The average Bonchev–Trinajstić information content (AvgIpc) is 2.60. The quantitative estimate of drug-likeness (QED) is 0.362. The van der Waals surface area contributed by atoms with E-state index in [1.54, 1.807) is 12.1 Å². The van der Waals surface area contributed by atoms with Crippen LogP contribution in [-0.4, -0.2) is 13.0 Å². The van der Waals surface area contributed by atoms with Crippen LogP contribution < -0.4 is 61.2 Å². The molecule has 0 spiro atoms. The molecular formula is C20H25KO5S. The topological polar surface area (TPSA) is 86.7 Å². The molecule has 0 aromatic heterocycles. The maximum absolute atomic E-state index is 12.2. The summed E-state index contributed by atoms with van der Waals surface area (Å²) in [6.07, 6.45) is 8.07. The summed E-state index contributed by atoms with van der Waals surface area (Å²) >= 11 is 0. The molecule has 2 aromatic carbocycles. The van der Waals surface area contributed by atoms with Crippen molar-refractivity contribution in [2.75, 3.05) is 0 Å². The molecule has 0 saturated carbocycles. The van der Waals surface area contributed by atoms with Gasteiger partial charge < -0.3 is 9.84 Å². The van der Waals surface area contributed by atoms with Gasteiger partial charge in [-0.2, -0.15) is 8.42 Å². The zero-order valence-electron chi connectivity index (χ0n) is 16.0. The van der Waals surface area contributed by atoms with E-state index in [9.17, 15) is 13.5 Å². The first kappa shape index (κ1) is 24.6. The molecule has 27 heavy (non-hydrogen) atoms. The van der Waals surface area contributed by atoms with Crippen LogP contribution in [0.25, 0.3) is 0 Å². The van der Waals surface area contributed by atoms with Crippen molar-refractivity contribution < 1.29 is 74.2 Å². The van der Waals surface area contributed by atoms with Crippen molar-refractivity contribution in [2.45, 2.75) is 56.8 Å². The van der Waals surface area contributed by atoms with Gasteiger partial charge in [-0.05, 0) is 36.6 Å². The predicted octanol–water partition coefficient (Wildman–Crippen LogP) is 1.71. The molecule has 1 N–H and O–H groups in total. The van der Waals surface area contributed by atoms with Gasteiger partial charge in [0.05, 0.1) is 4.90 Å². The summed E-state index contributed by atoms with van der Waals surface area (Å²) in [5.41, 5.74) is 0.976. The molecule has 5 nitrogen and oxygen atoms in total. The van der Waals surface area contributed by atoms with Crippen molar-refractivity contribution in [3.05, 3.63) is 48.0 Å². The van der Waals surface area contributed by atoms with Crippen LogP contribution in [0.2, 0.25) is 0 Å². The number of hydrogen-bond acceptors (Lipinski definition) is 4. The van der Waals surface area contributed by atoms with E-state index in [1.807, 2.05) is 6.07 Å². The minimum Gasteiger partial charge on any atom is -0.870 e. The van der Waals surface area contributed by atoms with Crippen LogP contribution in [0.4, 0.5) is 0 Å². The molecule has 7 heteroatoms. The molecule has 0 aliphatic rings. The van der Waals surface area contributed by atoms with Gasteiger partial charge >= 0.3 is 51.4 Å². The summed E-state index contributed by atoms with van der Waals surface area (Å²) in [5, 5.41) is 12.2. The molecule has 2 aromatic rings. The van der Waals surface area contributed by atoms with E-state index < -0.39 is 10.1 Å². The smallest absolute Gasteiger partial charge is 0.870 e. The fourth-order valence-electron chi connectivity index (χ4n) is 2.73. The standard InChI is InChI=1S/C20H26O5S.K/c1-2-3-4-5-6-7-9-16-12-13-20(19(21)14-16)25-17-10-8-11-18(15-17)26(22,23)24;/h8,10-15,21H,2-7,9H2,1H3,(H,22,23,24);/q;+1/p-1. The maximum atomic E-state index is 12.2. The molecule has 0 saturated heterocycles. The number of benzene rings is 2. The van der Waals surface area contributed by atoms with Crippen LogP contribution in [0.15, 0.2) is 47.4 Å². The first-order valence-electron chi connectivity index (χ1n) is 8.95. The van der Waals surface area contributed by atoms with Crippen LogP contribution in [0.3, 0.4) is 0 Å². The van der Waals surface area contributed by atoms with Gasteiger partial charge in [-0.25, -0.2) is 0 Å². The van der Waals surface area contributed by atoms with Crippen molar-refractivity contribution in [3.8, 4) is 17.2 Å². The molecular weight excluding hydrogens is 391 g/mol. The third kappa shape index (κ3) is 8.64. The van der Waals surface area contributed by atoms with E-state index in [1.165, 1.54) is 49.9 Å². The molecule has 0 unspecified atom stereocenters. The minimum atomic E-state index is -4.31. The van der Waals surface area contributed by atoms with Gasteiger partial charge in [-0.1, -0.05) is 63.0 Å². The third-order valence-electron chi connectivity index (χ3n) is 4.16. The van der Waals surface area contributed by atoms with Gasteiger partial charge in [0.25, 0.3) is 10.1 Å². The van der Waals surface area contributed by atoms with Gasteiger partial charge in [0.2, 0.25) is 0 Å². The van der Waals surface area contributed by atoms with Gasteiger partial charge in [-0.3, -0.25) is 4.55 Å². The molecule has 142 valence electrons. The molecule has 0 radical (unpaired) electrons. The predicted molar refractivity (Wildman–Crippen MR) is 99.3 cm³/mol. The van der Waals surface area contributed by atoms with Crippen LogP contribution in [-0.2, 0) is 16.5 Å². The van der Waals surface area contributed by atoms with E-state index in [0.29, 0.717) is 0 Å². The summed E-state index contributed by atoms with van der Waals surface area (Å²) < 4.78 is 36.9. The van der Waals surface area contributed by atoms with E-state index in [0.717, 1.165) is 24.8 Å². The zero-order chi connectivity index (χ0) is 19.0. The molecule has 2 rings (SSSR count). The maximum Gasteiger partial charge on any atom is 1.00 e. The normalized spacial score (nSPS) is 11.0. The number of rotatable bonds is 10. The molecule has 0 atom stereocenters. The van der Waals surface area contributed by atoms with E-state index in [4.69, 9.17) is 9.29 Å². The van der Waals surface area contributed by atoms with Crippen LogP contribution in [0.1, 0.15) is 51.0 Å². The second-order valence-electron chi connectivity index (χ2n) is 6.35. The van der Waals surface area contributed by atoms with Gasteiger partial charge in [0.15, 0.2) is 0 Å². The van der Waals surface area contributed by atoms with Crippen molar-refractivity contribution in [3.63, 3.8) is 0 Å². The van der Waals surface area contributed by atoms with Gasteiger partial charge in [0, 0.05) is 6.07 Å². The van der Waals surface area contributed by atoms with E-state index in [-0.39, 0.29) is 73.5 Å². The zero-order valence-corrected chi connectivity index (χ0v) is 19.9. The number of aryl methyl sites for hydroxylation is 1. The fraction of sp³-hybridized carbons (Fsp3) is 0.400. The van der Waals surface area contributed by atoms with Gasteiger partial charge in [-0.15, -0.1) is 0 Å². The Morgan fingerprint density at radius 3 is 2.37 bits per heavy atom. The van der Waals surface area contributed by atoms with Crippen molar-refractivity contribution in [2.24, 2.45) is 0 Å². The fourth-order valence-corrected chi connectivity index (χ4v) is 3.24. The van der Waals surface area contributed by atoms with Crippen LogP contribution in [0.5, 0.6) is 17.2 Å². The molecule has 0 amide bonds. The Labute approximate surface area is 204 Å². The number of ether oxygens (including phenoxy) is 1. The Morgan fingerprint density at radius 1 is 1.00 bits per heavy atom. The second-order valence-corrected chi connectivity index (χ2v) is 7.77. The largest absolute Gasteiger partial charge is 1.00 e. The van der Waals surface area contributed by atoms with E-state index in [2.05, 4.69) is 6.92 Å². The summed E-state index contributed by atoms with van der Waals surface area (Å²) in [6, 6.07) is 10.4. The first-order valence-corrected chi connectivity index (χ1v) is 10.4.